The van der Waals surface area contributed by atoms with Crippen molar-refractivity contribution in [1.82, 2.24) is 29.1 Å². The largest absolute Gasteiger partial charge is 0.335 e. The zero-order valence-electron chi connectivity index (χ0n) is 18.8. The number of carbonyl (C=O) groups excluding carboxylic acids is 1. The number of piperazine rings is 1. The van der Waals surface area contributed by atoms with Crippen molar-refractivity contribution in [2.24, 2.45) is 0 Å². The van der Waals surface area contributed by atoms with Gasteiger partial charge in [0.1, 0.15) is 0 Å². The lowest BCUT2D eigenvalue weighted by Gasteiger charge is -2.31. The van der Waals surface area contributed by atoms with Crippen molar-refractivity contribution in [2.75, 3.05) is 46.8 Å². The number of aromatic nitrogens is 3. The number of nitrogens with zero attached hydrogens (tertiary/aromatic N) is 6. The van der Waals surface area contributed by atoms with E-state index in [1.165, 1.54) is 16.0 Å². The second kappa shape index (κ2) is 9.82. The third-order valence-corrected chi connectivity index (χ3v) is 7.73. The number of likely N-dealkylation sites (N-methyl/N-ethyl adjacent to an activating group) is 2. The Hall–Kier alpha value is -3.08. The van der Waals surface area contributed by atoms with Crippen LogP contribution in [0.5, 0.6) is 0 Å². The van der Waals surface area contributed by atoms with Crippen molar-refractivity contribution >= 4 is 15.9 Å². The molecule has 0 spiro atoms. The van der Waals surface area contributed by atoms with E-state index in [0.29, 0.717) is 19.6 Å². The van der Waals surface area contributed by atoms with E-state index in [2.05, 4.69) is 15.2 Å². The van der Waals surface area contributed by atoms with Crippen molar-refractivity contribution in [2.45, 2.75) is 11.4 Å². The number of hydrogen-bond acceptors (Lipinski definition) is 6. The number of amides is 1. The summed E-state index contributed by atoms with van der Waals surface area (Å²) in [5.41, 5.74) is 2.27. The Labute approximate surface area is 194 Å². The molecule has 9 nitrogen and oxygen atoms in total. The quantitative estimate of drug-likeness (QED) is 0.524. The molecule has 0 atom stereocenters. The number of sulfonamides is 1. The summed E-state index contributed by atoms with van der Waals surface area (Å²) in [5, 5.41) is 7.99. The topological polar surface area (TPSA) is 91.6 Å². The zero-order valence-corrected chi connectivity index (χ0v) is 19.6. The third kappa shape index (κ3) is 5.29. The standard InChI is InChI=1S/C23H28N6O3S/c1-26-12-15-28(16-13-26)23(30)22-18-29(25-24-22)17-14-27(2)33(31,32)21-10-8-20(9-11-21)19-6-4-3-5-7-19/h3-11,18H,12-17H2,1-2H3. The van der Waals surface area contributed by atoms with E-state index in [1.807, 2.05) is 49.5 Å². The van der Waals surface area contributed by atoms with Crippen molar-refractivity contribution < 1.29 is 13.2 Å². The van der Waals surface area contributed by atoms with Crippen LogP contribution in [-0.4, -0.2) is 90.2 Å². The Morgan fingerprint density at radius 1 is 0.970 bits per heavy atom. The highest BCUT2D eigenvalue weighted by Gasteiger charge is 2.24. The molecule has 1 aromatic heterocycles. The fourth-order valence-electron chi connectivity index (χ4n) is 3.67. The van der Waals surface area contributed by atoms with Gasteiger partial charge in [0, 0.05) is 39.8 Å². The van der Waals surface area contributed by atoms with Crippen molar-refractivity contribution in [3.8, 4) is 11.1 Å². The van der Waals surface area contributed by atoms with Crippen LogP contribution in [0.25, 0.3) is 11.1 Å². The molecule has 2 heterocycles. The SMILES string of the molecule is CN1CCN(C(=O)c2cn(CCN(C)S(=O)(=O)c3ccc(-c4ccccc4)cc3)nn2)CC1. The zero-order chi connectivity index (χ0) is 23.4. The van der Waals surface area contributed by atoms with Gasteiger partial charge in [-0.2, -0.15) is 4.31 Å². The highest BCUT2D eigenvalue weighted by molar-refractivity contribution is 7.89. The summed E-state index contributed by atoms with van der Waals surface area (Å²) in [7, 11) is -0.0845. The second-order valence-corrected chi connectivity index (χ2v) is 10.2. The van der Waals surface area contributed by atoms with E-state index < -0.39 is 10.0 Å². The molecule has 0 radical (unpaired) electrons. The first kappa shape index (κ1) is 23.1. The normalized spacial score (nSPS) is 15.2. The van der Waals surface area contributed by atoms with Crippen LogP contribution in [0, 0.1) is 0 Å². The van der Waals surface area contributed by atoms with Gasteiger partial charge in [-0.3, -0.25) is 9.48 Å². The lowest BCUT2D eigenvalue weighted by molar-refractivity contribution is 0.0658. The number of benzene rings is 2. The molecule has 174 valence electrons. The van der Waals surface area contributed by atoms with Crippen LogP contribution in [0.1, 0.15) is 10.5 Å². The molecule has 4 rings (SSSR count). The fraction of sp³-hybridized carbons (Fsp3) is 0.348. The molecule has 0 saturated carbocycles. The summed E-state index contributed by atoms with van der Waals surface area (Å²) in [4.78, 5) is 16.8. The van der Waals surface area contributed by atoms with Gasteiger partial charge in [0.25, 0.3) is 5.91 Å². The van der Waals surface area contributed by atoms with Gasteiger partial charge in [0.2, 0.25) is 10.0 Å². The number of hydrogen-bond donors (Lipinski definition) is 0. The monoisotopic (exact) mass is 468 g/mol. The summed E-state index contributed by atoms with van der Waals surface area (Å²) in [6.07, 6.45) is 1.58. The lowest BCUT2D eigenvalue weighted by Crippen LogP contribution is -2.47. The summed E-state index contributed by atoms with van der Waals surface area (Å²) in [5.74, 6) is -0.145. The first-order valence-electron chi connectivity index (χ1n) is 10.8. The minimum Gasteiger partial charge on any atom is -0.335 e. The summed E-state index contributed by atoms with van der Waals surface area (Å²) >= 11 is 0. The van der Waals surface area contributed by atoms with Gasteiger partial charge >= 0.3 is 0 Å². The number of carbonyl (C=O) groups is 1. The van der Waals surface area contributed by atoms with Gasteiger partial charge in [0.15, 0.2) is 5.69 Å². The van der Waals surface area contributed by atoms with Gasteiger partial charge in [-0.25, -0.2) is 8.42 Å². The Kier molecular flexibility index (Phi) is 6.87. The highest BCUT2D eigenvalue weighted by atomic mass is 32.2. The van der Waals surface area contributed by atoms with Crippen LogP contribution in [0.3, 0.4) is 0 Å². The Morgan fingerprint density at radius 3 is 2.27 bits per heavy atom. The average molecular weight is 469 g/mol. The maximum Gasteiger partial charge on any atom is 0.276 e. The Balaban J connectivity index is 1.36. The van der Waals surface area contributed by atoms with Crippen LogP contribution in [-0.2, 0) is 16.6 Å². The van der Waals surface area contributed by atoms with Gasteiger partial charge < -0.3 is 9.80 Å². The van der Waals surface area contributed by atoms with E-state index in [1.54, 1.807) is 23.2 Å². The van der Waals surface area contributed by atoms with Crippen LogP contribution in [0.4, 0.5) is 0 Å². The van der Waals surface area contributed by atoms with E-state index in [0.717, 1.165) is 24.2 Å². The molecule has 1 aliphatic heterocycles. The van der Waals surface area contributed by atoms with Crippen molar-refractivity contribution in [3.05, 3.63) is 66.5 Å². The highest BCUT2D eigenvalue weighted by Crippen LogP contribution is 2.22. The molecular weight excluding hydrogens is 440 g/mol. The van der Waals surface area contributed by atoms with Crippen molar-refractivity contribution in [3.63, 3.8) is 0 Å². The average Bonchev–Trinajstić information content (AvgIpc) is 3.32. The van der Waals surface area contributed by atoms with Gasteiger partial charge in [-0.05, 0) is 30.3 Å². The van der Waals surface area contributed by atoms with Crippen molar-refractivity contribution in [1.29, 1.82) is 0 Å². The van der Waals surface area contributed by atoms with Crippen LogP contribution >= 0.6 is 0 Å². The van der Waals surface area contributed by atoms with Crippen LogP contribution < -0.4 is 0 Å². The molecule has 1 amide bonds. The first-order chi connectivity index (χ1) is 15.8. The predicted octanol–water partition coefficient (Wildman–Crippen LogP) is 1.65. The van der Waals surface area contributed by atoms with Gasteiger partial charge in [-0.1, -0.05) is 47.7 Å². The van der Waals surface area contributed by atoms with Gasteiger partial charge in [-0.15, -0.1) is 5.10 Å². The molecule has 2 aromatic carbocycles. The van der Waals surface area contributed by atoms with Crippen LogP contribution in [0.15, 0.2) is 65.7 Å². The smallest absolute Gasteiger partial charge is 0.276 e. The summed E-state index contributed by atoms with van der Waals surface area (Å²) in [6, 6.07) is 16.7. The van der Waals surface area contributed by atoms with E-state index >= 15 is 0 Å². The van der Waals surface area contributed by atoms with Gasteiger partial charge in [0.05, 0.1) is 17.6 Å². The molecular formula is C23H28N6O3S. The fourth-order valence-corrected chi connectivity index (χ4v) is 4.83. The minimum atomic E-state index is -3.65. The molecule has 10 heteroatoms. The minimum absolute atomic E-state index is 0.145. The van der Waals surface area contributed by atoms with E-state index in [-0.39, 0.29) is 23.0 Å². The molecule has 1 fully saturated rings. The molecule has 0 N–H and O–H groups in total. The lowest BCUT2D eigenvalue weighted by atomic mass is 10.1. The Bertz CT molecular complexity index is 1190. The molecule has 33 heavy (non-hydrogen) atoms. The molecule has 0 bridgehead atoms. The van der Waals surface area contributed by atoms with Crippen LogP contribution in [0.2, 0.25) is 0 Å². The molecule has 3 aromatic rings. The summed E-state index contributed by atoms with van der Waals surface area (Å²) in [6.45, 7) is 3.47. The van der Waals surface area contributed by atoms with E-state index in [4.69, 9.17) is 0 Å². The first-order valence-corrected chi connectivity index (χ1v) is 12.3. The molecule has 0 aliphatic carbocycles. The molecule has 0 unspecified atom stereocenters. The number of rotatable bonds is 7. The van der Waals surface area contributed by atoms with E-state index in [9.17, 15) is 13.2 Å². The maximum absolute atomic E-state index is 13.0. The second-order valence-electron chi connectivity index (χ2n) is 8.18. The third-order valence-electron chi connectivity index (χ3n) is 5.86. The summed E-state index contributed by atoms with van der Waals surface area (Å²) < 4.78 is 28.7. The molecule has 1 saturated heterocycles. The molecule has 1 aliphatic rings. The predicted molar refractivity (Wildman–Crippen MR) is 125 cm³/mol. The Morgan fingerprint density at radius 2 is 1.61 bits per heavy atom. The maximum atomic E-state index is 13.0.